The Balaban J connectivity index is 5.37. The average Bonchev–Trinajstić information content (AvgIpc) is 2.44. The summed E-state index contributed by atoms with van der Waals surface area (Å²) in [7, 11) is 0. The highest BCUT2D eigenvalue weighted by Gasteiger charge is 2.51. The summed E-state index contributed by atoms with van der Waals surface area (Å²) >= 11 is 0. The second kappa shape index (κ2) is 10.5. The molecule has 1 unspecified atom stereocenters. The maximum atomic E-state index is 12.2. The first-order valence-corrected chi connectivity index (χ1v) is 7.23. The Labute approximate surface area is 125 Å². The number of rotatable bonds is 11. The average molecular weight is 306 g/mol. The Hall–Kier alpha value is -1.18. The zero-order valence-corrected chi connectivity index (χ0v) is 13.2. The van der Waals surface area contributed by atoms with Gasteiger partial charge in [0.1, 0.15) is 0 Å². The summed E-state index contributed by atoms with van der Waals surface area (Å²) in [5.74, 6) is -1.66. The van der Waals surface area contributed by atoms with Crippen molar-refractivity contribution in [1.82, 2.24) is 0 Å². The largest absolute Gasteiger partial charge is 0.463 e. The lowest BCUT2D eigenvalue weighted by atomic mass is 9.97. The molecule has 0 amide bonds. The van der Waals surface area contributed by atoms with Crippen LogP contribution in [0, 0.1) is 0 Å². The summed E-state index contributed by atoms with van der Waals surface area (Å²) in [5, 5.41) is 9.00. The Kier molecular flexibility index (Phi) is 9.94. The summed E-state index contributed by atoms with van der Waals surface area (Å²) < 4.78 is 20.7. The van der Waals surface area contributed by atoms with Crippen molar-refractivity contribution in [1.29, 1.82) is 0 Å². The van der Waals surface area contributed by atoms with Crippen molar-refractivity contribution in [2.24, 2.45) is 0 Å². The Morgan fingerprint density at radius 3 is 1.95 bits per heavy atom. The van der Waals surface area contributed by atoms with Crippen LogP contribution in [0.1, 0.15) is 40.5 Å². The molecule has 0 aliphatic carbocycles. The molecule has 21 heavy (non-hydrogen) atoms. The van der Waals surface area contributed by atoms with Crippen LogP contribution >= 0.6 is 0 Å². The van der Waals surface area contributed by atoms with Crippen LogP contribution in [0.5, 0.6) is 0 Å². The fourth-order valence-electron chi connectivity index (χ4n) is 1.82. The zero-order valence-electron chi connectivity index (χ0n) is 13.2. The highest BCUT2D eigenvalue weighted by molar-refractivity contribution is 6.03. The van der Waals surface area contributed by atoms with Crippen molar-refractivity contribution in [3.05, 3.63) is 0 Å². The number of hydrogen-bond donors (Lipinski definition) is 1. The summed E-state index contributed by atoms with van der Waals surface area (Å²) in [4.78, 5) is 24.5. The van der Waals surface area contributed by atoms with Gasteiger partial charge in [-0.15, -0.1) is 0 Å². The minimum absolute atomic E-state index is 0.0431. The molecule has 0 saturated heterocycles. The zero-order chi connectivity index (χ0) is 16.3. The monoisotopic (exact) mass is 306 g/mol. The van der Waals surface area contributed by atoms with Crippen LogP contribution in [0.4, 0.5) is 0 Å². The minimum Gasteiger partial charge on any atom is -0.463 e. The molecule has 0 aromatic carbocycles. The van der Waals surface area contributed by atoms with Gasteiger partial charge in [-0.1, -0.05) is 0 Å². The third-order valence-corrected chi connectivity index (χ3v) is 2.67. The molecule has 0 aromatic rings. The van der Waals surface area contributed by atoms with Crippen LogP contribution in [0.25, 0.3) is 0 Å². The molecule has 0 aliphatic heterocycles. The quantitative estimate of drug-likeness (QED) is 0.346. The van der Waals surface area contributed by atoms with Gasteiger partial charge in [-0.05, 0) is 34.1 Å². The van der Waals surface area contributed by atoms with Gasteiger partial charge in [0.2, 0.25) is 0 Å². The first-order valence-electron chi connectivity index (χ1n) is 7.23. The van der Waals surface area contributed by atoms with Crippen molar-refractivity contribution in [3.63, 3.8) is 0 Å². The first kappa shape index (κ1) is 19.8. The molecule has 0 heterocycles. The lowest BCUT2D eigenvalue weighted by Crippen LogP contribution is -2.53. The van der Waals surface area contributed by atoms with E-state index in [-0.39, 0.29) is 32.7 Å². The first-order chi connectivity index (χ1) is 9.98. The number of hydrogen-bond acceptors (Lipinski definition) is 7. The predicted octanol–water partition coefficient (Wildman–Crippen LogP) is 1.02. The van der Waals surface area contributed by atoms with Gasteiger partial charge >= 0.3 is 11.9 Å². The molecule has 0 spiro atoms. The van der Waals surface area contributed by atoms with Crippen molar-refractivity contribution in [2.75, 3.05) is 26.4 Å². The van der Waals surface area contributed by atoms with Crippen LogP contribution in [-0.4, -0.2) is 55.4 Å². The molecule has 0 aliphatic rings. The number of aliphatic hydroxyl groups excluding tert-OH is 1. The molecule has 0 aromatic heterocycles. The second-order valence-electron chi connectivity index (χ2n) is 4.24. The smallest absolute Gasteiger partial charge is 0.350 e. The van der Waals surface area contributed by atoms with E-state index in [0.717, 1.165) is 0 Å². The molecule has 124 valence electrons. The lowest BCUT2D eigenvalue weighted by molar-refractivity contribution is -0.229. The molecule has 0 rings (SSSR count). The summed E-state index contributed by atoms with van der Waals surface area (Å²) in [6.45, 7) is 6.99. The fourth-order valence-corrected chi connectivity index (χ4v) is 1.82. The molecule has 0 radical (unpaired) electrons. The Morgan fingerprint density at radius 1 is 1.05 bits per heavy atom. The molecule has 7 heteroatoms. The highest BCUT2D eigenvalue weighted by atomic mass is 16.7. The van der Waals surface area contributed by atoms with E-state index in [1.165, 1.54) is 0 Å². The van der Waals surface area contributed by atoms with Gasteiger partial charge in [-0.25, -0.2) is 9.59 Å². The predicted molar refractivity (Wildman–Crippen MR) is 74.5 cm³/mol. The van der Waals surface area contributed by atoms with Gasteiger partial charge in [0.25, 0.3) is 5.60 Å². The van der Waals surface area contributed by atoms with Gasteiger partial charge in [0.15, 0.2) is 6.29 Å². The van der Waals surface area contributed by atoms with Crippen molar-refractivity contribution in [2.45, 2.75) is 52.4 Å². The van der Waals surface area contributed by atoms with E-state index < -0.39 is 23.8 Å². The van der Waals surface area contributed by atoms with Crippen molar-refractivity contribution in [3.8, 4) is 0 Å². The third kappa shape index (κ3) is 5.99. The lowest BCUT2D eigenvalue weighted by Gasteiger charge is -2.31. The van der Waals surface area contributed by atoms with Gasteiger partial charge in [-0.2, -0.15) is 0 Å². The van der Waals surface area contributed by atoms with E-state index in [1.807, 2.05) is 0 Å². The van der Waals surface area contributed by atoms with E-state index in [2.05, 4.69) is 0 Å². The number of ether oxygens (including phenoxy) is 4. The molecule has 0 bridgehead atoms. The van der Waals surface area contributed by atoms with E-state index in [0.29, 0.717) is 6.61 Å². The van der Waals surface area contributed by atoms with Gasteiger partial charge in [0.05, 0.1) is 13.2 Å². The number of carbonyl (C=O) groups excluding carboxylic acids is 2. The molecule has 7 nitrogen and oxygen atoms in total. The van der Waals surface area contributed by atoms with Gasteiger partial charge in [-0.3, -0.25) is 0 Å². The van der Waals surface area contributed by atoms with Crippen molar-refractivity contribution < 1.29 is 33.6 Å². The number of aliphatic hydroxyl groups is 1. The molecule has 0 fully saturated rings. The summed E-state index contributed by atoms with van der Waals surface area (Å²) in [6.07, 6.45) is -0.641. The second-order valence-corrected chi connectivity index (χ2v) is 4.24. The standard InChI is InChI=1S/C14H26O7/c1-5-18-11(4)21-14(9-8-10-15,12(16)19-6-2)13(17)20-7-3/h11,15H,5-10H2,1-4H3. The third-order valence-electron chi connectivity index (χ3n) is 2.67. The maximum Gasteiger partial charge on any atom is 0.350 e. The number of esters is 2. The van der Waals surface area contributed by atoms with Crippen LogP contribution in [0.3, 0.4) is 0 Å². The topological polar surface area (TPSA) is 91.3 Å². The molecular weight excluding hydrogens is 280 g/mol. The minimum atomic E-state index is -1.91. The van der Waals surface area contributed by atoms with E-state index >= 15 is 0 Å². The van der Waals surface area contributed by atoms with E-state index in [9.17, 15) is 9.59 Å². The molecule has 1 atom stereocenters. The fraction of sp³-hybridized carbons (Fsp3) is 0.857. The van der Waals surface area contributed by atoms with E-state index in [4.69, 9.17) is 24.1 Å². The van der Waals surface area contributed by atoms with Crippen LogP contribution in [0.2, 0.25) is 0 Å². The number of carbonyl (C=O) groups is 2. The molecule has 0 saturated carbocycles. The summed E-state index contributed by atoms with van der Waals surface area (Å²) in [5.41, 5.74) is -1.91. The SMILES string of the molecule is CCOC(=O)C(CCCO)(OC(C)OCC)C(=O)OCC. The normalized spacial score (nSPS) is 12.8. The maximum absolute atomic E-state index is 12.2. The Bertz CT molecular complexity index is 298. The molecule has 1 N–H and O–H groups in total. The van der Waals surface area contributed by atoms with Crippen LogP contribution < -0.4 is 0 Å². The Morgan fingerprint density at radius 2 is 1.57 bits per heavy atom. The van der Waals surface area contributed by atoms with Gasteiger partial charge < -0.3 is 24.1 Å². The van der Waals surface area contributed by atoms with Crippen molar-refractivity contribution >= 4 is 11.9 Å². The highest BCUT2D eigenvalue weighted by Crippen LogP contribution is 2.25. The van der Waals surface area contributed by atoms with Crippen LogP contribution in [-0.2, 0) is 28.5 Å². The van der Waals surface area contributed by atoms with Crippen LogP contribution in [0.15, 0.2) is 0 Å². The molecular formula is C14H26O7. The van der Waals surface area contributed by atoms with Gasteiger partial charge in [0, 0.05) is 19.6 Å². The summed E-state index contributed by atoms with van der Waals surface area (Å²) in [6, 6.07) is 0. The van der Waals surface area contributed by atoms with E-state index in [1.54, 1.807) is 27.7 Å².